The van der Waals surface area contributed by atoms with Crippen LogP contribution in [0.15, 0.2) is 46.8 Å². The summed E-state index contributed by atoms with van der Waals surface area (Å²) in [7, 11) is 0. The van der Waals surface area contributed by atoms with Gasteiger partial charge in [0.25, 0.3) is 11.8 Å². The number of carbonyl (C=O) groups is 8. The largest absolute Gasteiger partial charge is 0.477 e. The molecule has 5 rings (SSSR count). The molecular formula is C32H34N4O12S2. The maximum Gasteiger partial charge on any atom is 0.352 e. The number of ether oxygens (including phenoxy) is 2. The van der Waals surface area contributed by atoms with Crippen LogP contribution < -0.4 is 10.6 Å². The van der Waals surface area contributed by atoms with Crippen molar-refractivity contribution < 1.29 is 58.0 Å². The Morgan fingerprint density at radius 1 is 0.700 bits per heavy atom. The Balaban J connectivity index is 1.05. The molecule has 2 saturated heterocycles. The Labute approximate surface area is 293 Å². The first kappa shape index (κ1) is 36.4. The number of aliphatic carboxylic acids is 2. The minimum atomic E-state index is -1.31. The van der Waals surface area contributed by atoms with Gasteiger partial charge in [-0.05, 0) is 24.0 Å². The van der Waals surface area contributed by atoms with Crippen molar-refractivity contribution in [2.24, 2.45) is 0 Å². The Bertz CT molecular complexity index is 1590. The van der Waals surface area contributed by atoms with Gasteiger partial charge in [-0.25, -0.2) is 9.59 Å². The molecule has 0 spiro atoms. The molecule has 50 heavy (non-hydrogen) atoms. The lowest BCUT2D eigenvalue weighted by Gasteiger charge is -2.49. The van der Waals surface area contributed by atoms with Crippen molar-refractivity contribution in [3.05, 3.63) is 57.9 Å². The monoisotopic (exact) mass is 730 g/mol. The molecule has 266 valence electrons. The molecule has 1 aromatic rings. The summed E-state index contributed by atoms with van der Waals surface area (Å²) in [6, 6.07) is 5.54. The molecule has 4 atom stereocenters. The van der Waals surface area contributed by atoms with Crippen LogP contribution in [0.1, 0.15) is 37.8 Å². The second-order valence-electron chi connectivity index (χ2n) is 11.8. The number of aryl methyl sites for hydroxylation is 2. The van der Waals surface area contributed by atoms with Crippen LogP contribution in [0.25, 0.3) is 0 Å². The highest BCUT2D eigenvalue weighted by Gasteiger charge is 2.55. The number of nitrogens with zero attached hydrogens (tertiary/aromatic N) is 2. The van der Waals surface area contributed by atoms with Gasteiger partial charge in [-0.1, -0.05) is 24.3 Å². The number of thioether (sulfide) groups is 2. The van der Waals surface area contributed by atoms with E-state index in [4.69, 9.17) is 9.47 Å². The van der Waals surface area contributed by atoms with Crippen LogP contribution in [-0.2, 0) is 60.7 Å². The molecule has 4 heterocycles. The number of rotatable bonds is 14. The number of β-lactam (4-membered cyclic amide) rings is 2. The molecule has 16 nitrogen and oxygen atoms in total. The SMILES string of the molecule is CC(=O)OCC1=C(C(=O)O)N2C(=O)[C@@H](NC(=O)CCc3ccc(CCC(=O)N[C@@H]4C(=O)N5C(C(=O)O)=C(COC(C)=O)CS[C@H]45)cc3)[C@H]2SC1. The number of nitrogens with one attached hydrogen (secondary N) is 2. The average molecular weight is 731 g/mol. The third-order valence-electron chi connectivity index (χ3n) is 8.34. The highest BCUT2D eigenvalue weighted by atomic mass is 32.2. The van der Waals surface area contributed by atoms with Gasteiger partial charge in [0.1, 0.15) is 47.4 Å². The normalized spacial score (nSPS) is 22.4. The number of carboxylic acids is 2. The lowest BCUT2D eigenvalue weighted by atomic mass is 10.0. The summed E-state index contributed by atoms with van der Waals surface area (Å²) in [6.07, 6.45) is 0.906. The van der Waals surface area contributed by atoms with E-state index in [2.05, 4.69) is 10.6 Å². The van der Waals surface area contributed by atoms with Crippen molar-refractivity contribution >= 4 is 71.0 Å². The lowest BCUT2D eigenvalue weighted by molar-refractivity contribution is -0.151. The van der Waals surface area contributed by atoms with E-state index in [9.17, 15) is 48.6 Å². The maximum atomic E-state index is 12.8. The molecule has 0 unspecified atom stereocenters. The highest BCUT2D eigenvalue weighted by Crippen LogP contribution is 2.41. The quantitative estimate of drug-likeness (QED) is 0.148. The third kappa shape index (κ3) is 7.80. The van der Waals surface area contributed by atoms with Crippen molar-refractivity contribution in [2.75, 3.05) is 24.7 Å². The summed E-state index contributed by atoms with van der Waals surface area (Å²) < 4.78 is 9.85. The number of amides is 4. The van der Waals surface area contributed by atoms with Gasteiger partial charge in [0.15, 0.2) is 0 Å². The van der Waals surface area contributed by atoms with E-state index in [0.717, 1.165) is 20.9 Å². The van der Waals surface area contributed by atoms with Crippen molar-refractivity contribution in [1.82, 2.24) is 20.4 Å². The first-order chi connectivity index (χ1) is 23.8. The van der Waals surface area contributed by atoms with Crippen LogP contribution in [0.4, 0.5) is 0 Å². The Kier molecular flexibility index (Phi) is 11.2. The number of carbonyl (C=O) groups excluding carboxylic acids is 6. The molecular weight excluding hydrogens is 697 g/mol. The Hall–Kier alpha value is -4.84. The Morgan fingerprint density at radius 3 is 1.38 bits per heavy atom. The van der Waals surface area contributed by atoms with Crippen LogP contribution in [0.3, 0.4) is 0 Å². The summed E-state index contributed by atoms with van der Waals surface area (Å²) in [5, 5.41) is 23.6. The average Bonchev–Trinajstić information content (AvgIpc) is 3.08. The predicted molar refractivity (Wildman–Crippen MR) is 176 cm³/mol. The van der Waals surface area contributed by atoms with E-state index >= 15 is 0 Å². The maximum absolute atomic E-state index is 12.8. The van der Waals surface area contributed by atoms with Gasteiger partial charge < -0.3 is 30.3 Å². The summed E-state index contributed by atoms with van der Waals surface area (Å²) in [4.78, 5) is 99.3. The molecule has 4 amide bonds. The van der Waals surface area contributed by atoms with Crippen LogP contribution in [-0.4, -0.2) is 115 Å². The van der Waals surface area contributed by atoms with E-state index in [-0.39, 0.29) is 60.8 Å². The van der Waals surface area contributed by atoms with Gasteiger partial charge in [0.2, 0.25) is 11.8 Å². The van der Waals surface area contributed by atoms with Gasteiger partial charge in [-0.3, -0.25) is 38.6 Å². The van der Waals surface area contributed by atoms with Crippen LogP contribution in [0, 0.1) is 0 Å². The second kappa shape index (κ2) is 15.4. The number of carboxylic acid groups (broad SMARTS) is 2. The predicted octanol–water partition coefficient (Wildman–Crippen LogP) is 0.155. The molecule has 0 saturated carbocycles. The van der Waals surface area contributed by atoms with Crippen molar-refractivity contribution in [1.29, 1.82) is 0 Å². The van der Waals surface area contributed by atoms with Crippen molar-refractivity contribution in [3.63, 3.8) is 0 Å². The molecule has 0 radical (unpaired) electrons. The van der Waals surface area contributed by atoms with Crippen LogP contribution >= 0.6 is 23.5 Å². The molecule has 4 N–H and O–H groups in total. The fraction of sp³-hybridized carbons (Fsp3) is 0.438. The standard InChI is InChI=1S/C32H34N4O12S2/c1-15(37)47-11-19-13-49-29-23(27(41)35(29)25(19)31(43)44)33-21(39)9-7-17-3-5-18(6-4-17)8-10-22(40)34-24-28(42)36-26(32(45)46)20(12-48-16(2)38)14-50-30(24)36/h3-6,23-24,29-30H,7-14H2,1-2H3,(H,33,39)(H,34,40)(H,43,44)(H,45,46)/t23-,24-,29-,30-/m1/s1. The molecule has 0 aliphatic carbocycles. The van der Waals surface area contributed by atoms with Gasteiger partial charge in [0, 0.05) is 49.3 Å². The fourth-order valence-electron chi connectivity index (χ4n) is 5.85. The minimum Gasteiger partial charge on any atom is -0.477 e. The van der Waals surface area contributed by atoms with Gasteiger partial charge >= 0.3 is 23.9 Å². The minimum absolute atomic E-state index is 0.0812. The zero-order chi connectivity index (χ0) is 36.3. The van der Waals surface area contributed by atoms with Gasteiger partial charge in [0.05, 0.1) is 0 Å². The van der Waals surface area contributed by atoms with Crippen molar-refractivity contribution in [3.8, 4) is 0 Å². The molecule has 4 aliphatic heterocycles. The zero-order valence-electron chi connectivity index (χ0n) is 27.0. The van der Waals surface area contributed by atoms with Crippen LogP contribution in [0.2, 0.25) is 0 Å². The van der Waals surface area contributed by atoms with E-state index in [1.54, 1.807) is 0 Å². The first-order valence-corrected chi connectivity index (χ1v) is 17.6. The van der Waals surface area contributed by atoms with Crippen molar-refractivity contribution in [2.45, 2.75) is 62.4 Å². The zero-order valence-corrected chi connectivity index (χ0v) is 28.6. The molecule has 1 aromatic carbocycles. The third-order valence-corrected chi connectivity index (χ3v) is 11.0. The van der Waals surface area contributed by atoms with Crippen LogP contribution in [0.5, 0.6) is 0 Å². The summed E-state index contributed by atoms with van der Waals surface area (Å²) in [5.74, 6) is -5.16. The molecule has 4 aliphatic rings. The molecule has 0 aromatic heterocycles. The number of esters is 2. The number of benzene rings is 1. The lowest BCUT2D eigenvalue weighted by Crippen LogP contribution is -2.70. The molecule has 18 heteroatoms. The summed E-state index contributed by atoms with van der Waals surface area (Å²) in [5.41, 5.74) is 1.85. The number of fused-ring (bicyclic) bond motifs is 2. The summed E-state index contributed by atoms with van der Waals surface area (Å²) in [6.45, 7) is 1.94. The van der Waals surface area contributed by atoms with Gasteiger partial charge in [-0.15, -0.1) is 23.5 Å². The second-order valence-corrected chi connectivity index (χ2v) is 14.0. The highest BCUT2D eigenvalue weighted by molar-refractivity contribution is 8.00. The topological polar surface area (TPSA) is 226 Å². The fourth-order valence-corrected chi connectivity index (χ4v) is 8.50. The number of hydrogen-bond donors (Lipinski definition) is 4. The van der Waals surface area contributed by atoms with E-state index in [1.807, 2.05) is 24.3 Å². The smallest absolute Gasteiger partial charge is 0.352 e. The van der Waals surface area contributed by atoms with E-state index in [1.165, 1.54) is 37.4 Å². The molecule has 2 fully saturated rings. The number of hydrogen-bond acceptors (Lipinski definition) is 12. The van der Waals surface area contributed by atoms with E-state index in [0.29, 0.717) is 24.0 Å². The van der Waals surface area contributed by atoms with E-state index < -0.39 is 58.5 Å². The summed E-state index contributed by atoms with van der Waals surface area (Å²) >= 11 is 2.56. The van der Waals surface area contributed by atoms with Gasteiger partial charge in [-0.2, -0.15) is 0 Å². The first-order valence-electron chi connectivity index (χ1n) is 15.5. The molecule has 0 bridgehead atoms. The Morgan fingerprint density at radius 2 is 1.06 bits per heavy atom.